The summed E-state index contributed by atoms with van der Waals surface area (Å²) in [5.74, 6) is -0.148. The van der Waals surface area contributed by atoms with E-state index in [4.69, 9.17) is 28.3 Å². The van der Waals surface area contributed by atoms with Gasteiger partial charge in [-0.2, -0.15) is 5.26 Å². The summed E-state index contributed by atoms with van der Waals surface area (Å²) in [4.78, 5) is 27.8. The smallest absolute Gasteiger partial charge is 0.379 e. The lowest BCUT2D eigenvalue weighted by Gasteiger charge is -2.30. The lowest BCUT2D eigenvalue weighted by Crippen LogP contribution is -2.38. The molecule has 0 bridgehead atoms. The highest BCUT2D eigenvalue weighted by molar-refractivity contribution is 7.48. The predicted molar refractivity (Wildman–Crippen MR) is 169 cm³/mol. The topological polar surface area (TPSA) is 175 Å². The number of phosphoric ester groups is 1. The van der Waals surface area contributed by atoms with E-state index in [0.717, 1.165) is 19.5 Å². The first-order valence-electron chi connectivity index (χ1n) is 15.6. The number of ether oxygens (including phenoxy) is 2. The summed E-state index contributed by atoms with van der Waals surface area (Å²) in [5.41, 5.74) is 0.131. The van der Waals surface area contributed by atoms with E-state index in [2.05, 4.69) is 30.5 Å². The normalized spacial score (nSPS) is 18.6. The van der Waals surface area contributed by atoms with Crippen molar-refractivity contribution in [3.8, 4) is 17.2 Å². The molecule has 0 spiro atoms. The second-order valence-corrected chi connectivity index (χ2v) is 13.0. The lowest BCUT2D eigenvalue weighted by molar-refractivity contribution is 0.00968. The molecule has 47 heavy (non-hydrogen) atoms. The van der Waals surface area contributed by atoms with E-state index in [9.17, 15) is 9.36 Å². The Morgan fingerprint density at radius 2 is 1.94 bits per heavy atom. The van der Waals surface area contributed by atoms with E-state index in [-0.39, 0.29) is 37.0 Å². The monoisotopic (exact) mass is 674 g/mol. The van der Waals surface area contributed by atoms with Crippen molar-refractivity contribution < 1.29 is 36.8 Å². The zero-order chi connectivity index (χ0) is 33.4. The lowest BCUT2D eigenvalue weighted by atomic mass is 10.1. The first kappa shape index (κ1) is 34.8. The fourth-order valence-corrected chi connectivity index (χ4v) is 6.73. The summed E-state index contributed by atoms with van der Waals surface area (Å²) in [7, 11) is -4.14. The number of halogens is 1. The van der Waals surface area contributed by atoms with Crippen LogP contribution in [0.1, 0.15) is 52.1 Å². The number of benzene rings is 1. The van der Waals surface area contributed by atoms with Gasteiger partial charge in [-0.15, -0.1) is 0 Å². The highest BCUT2D eigenvalue weighted by atomic mass is 31.2. The number of nitrogens with one attached hydrogen (secondary N) is 2. The predicted octanol–water partition coefficient (Wildman–Crippen LogP) is 4.72. The molecule has 5 rings (SSSR count). The van der Waals surface area contributed by atoms with Gasteiger partial charge in [-0.25, -0.2) is 28.7 Å². The number of hydrogen-bond acceptors (Lipinski definition) is 12. The van der Waals surface area contributed by atoms with Gasteiger partial charge in [-0.1, -0.05) is 0 Å². The molecular weight excluding hydrogens is 634 g/mol. The summed E-state index contributed by atoms with van der Waals surface area (Å²) in [6.07, 6.45) is 4.00. The number of imidazole rings is 1. The Balaban J connectivity index is 1.35. The van der Waals surface area contributed by atoms with Crippen molar-refractivity contribution in [1.29, 1.82) is 5.26 Å². The van der Waals surface area contributed by atoms with Gasteiger partial charge in [0.25, 0.3) is 0 Å². The van der Waals surface area contributed by atoms with E-state index in [1.165, 1.54) is 18.5 Å². The van der Waals surface area contributed by atoms with Crippen LogP contribution in [0.25, 0.3) is 22.2 Å². The Morgan fingerprint density at radius 1 is 1.19 bits per heavy atom. The molecular formula is C30H40FN8O7P. The number of hydrogen-bond donors (Lipinski definition) is 2. The summed E-state index contributed by atoms with van der Waals surface area (Å²) >= 11 is 0. The second kappa shape index (κ2) is 15.6. The first-order valence-corrected chi connectivity index (χ1v) is 17.1. The number of aromatic nitrogens is 4. The van der Waals surface area contributed by atoms with Gasteiger partial charge in [-0.05, 0) is 39.7 Å². The molecule has 2 aliphatic rings. The van der Waals surface area contributed by atoms with Crippen LogP contribution < -0.4 is 10.6 Å². The van der Waals surface area contributed by atoms with E-state index >= 15 is 4.39 Å². The minimum absolute atomic E-state index is 0.00286. The van der Waals surface area contributed by atoms with E-state index in [1.54, 1.807) is 31.4 Å². The number of anilines is 1. The molecule has 2 fully saturated rings. The molecule has 15 nitrogen and oxygen atoms in total. The zero-order valence-electron chi connectivity index (χ0n) is 26.7. The maximum absolute atomic E-state index is 15.7. The molecule has 0 saturated carbocycles. The summed E-state index contributed by atoms with van der Waals surface area (Å²) in [5, 5.41) is 14.4. The number of carbonyl (C=O) groups is 1. The van der Waals surface area contributed by atoms with Crippen molar-refractivity contribution in [1.82, 2.24) is 29.7 Å². The number of fused-ring (bicyclic) bond motifs is 1. The number of amides is 2. The van der Waals surface area contributed by atoms with Crippen molar-refractivity contribution in [3.63, 3.8) is 0 Å². The molecule has 2 amide bonds. The van der Waals surface area contributed by atoms with Crippen LogP contribution >= 0.6 is 7.82 Å². The summed E-state index contributed by atoms with van der Waals surface area (Å²) in [6, 6.07) is 4.43. The maximum Gasteiger partial charge on any atom is 0.475 e. The molecule has 254 valence electrons. The molecule has 2 saturated heterocycles. The molecule has 2 N–H and O–H groups in total. The average molecular weight is 675 g/mol. The molecule has 0 aliphatic carbocycles. The largest absolute Gasteiger partial charge is 0.475 e. The van der Waals surface area contributed by atoms with Gasteiger partial charge in [0, 0.05) is 62.4 Å². The van der Waals surface area contributed by atoms with Crippen LogP contribution in [-0.2, 0) is 33.2 Å². The van der Waals surface area contributed by atoms with Gasteiger partial charge >= 0.3 is 13.9 Å². The first-order chi connectivity index (χ1) is 22.6. The van der Waals surface area contributed by atoms with Gasteiger partial charge < -0.3 is 14.8 Å². The number of nitrogens with zero attached hydrogens (tertiary/aromatic N) is 6. The molecule has 2 aliphatic heterocycles. The molecule has 2 atom stereocenters. The zero-order valence-corrected chi connectivity index (χ0v) is 27.6. The van der Waals surface area contributed by atoms with Gasteiger partial charge in [0.05, 0.1) is 50.0 Å². The summed E-state index contributed by atoms with van der Waals surface area (Å²) < 4.78 is 59.1. The third-order valence-corrected chi connectivity index (χ3v) is 9.28. The van der Waals surface area contributed by atoms with Gasteiger partial charge in [-0.3, -0.25) is 28.4 Å². The van der Waals surface area contributed by atoms with Crippen LogP contribution in [0, 0.1) is 17.1 Å². The third kappa shape index (κ3) is 8.68. The molecule has 4 heterocycles. The molecule has 2 unspecified atom stereocenters. The van der Waals surface area contributed by atoms with Crippen molar-refractivity contribution in [3.05, 3.63) is 36.2 Å². The molecule has 0 radical (unpaired) electrons. The second-order valence-electron chi connectivity index (χ2n) is 11.5. The van der Waals surface area contributed by atoms with Gasteiger partial charge in [0.2, 0.25) is 5.95 Å². The van der Waals surface area contributed by atoms with Gasteiger partial charge in [0.1, 0.15) is 17.6 Å². The maximum atomic E-state index is 15.7. The fourth-order valence-electron chi connectivity index (χ4n) is 5.29. The third-order valence-electron chi connectivity index (χ3n) is 7.60. The standard InChI is InChI=1S/C30H40FN8O7P/c1-4-33-29(40)37-28-36-24-17-22(23(31)18-25(24)39(28)26-7-5-12-43-26)21-19-34-27(35-20-21)30(2,3)46-47(41,44-13-6-8-32)45-16-11-38-9-14-42-15-10-38/h17-20,26H,4-7,9-16H2,1-3H3,(H2,33,36,37,40). The van der Waals surface area contributed by atoms with Crippen molar-refractivity contribution >= 4 is 30.8 Å². The van der Waals surface area contributed by atoms with E-state index < -0.39 is 31.5 Å². The Hall–Kier alpha value is -3.55. The molecule has 1 aromatic carbocycles. The van der Waals surface area contributed by atoms with Crippen LogP contribution in [-0.4, -0.2) is 89.7 Å². The fraction of sp³-hybridized carbons (Fsp3) is 0.567. The van der Waals surface area contributed by atoms with Crippen LogP contribution in [0.4, 0.5) is 15.1 Å². The van der Waals surface area contributed by atoms with Gasteiger partial charge in [0.15, 0.2) is 5.82 Å². The van der Waals surface area contributed by atoms with E-state index in [1.807, 2.05) is 6.07 Å². The van der Waals surface area contributed by atoms with Crippen LogP contribution in [0.2, 0.25) is 0 Å². The Kier molecular flexibility index (Phi) is 11.5. The SMILES string of the molecule is CCNC(=O)Nc1nc2cc(-c3cnc(C(C)(C)OP(=O)(OCCC#N)OCCN4CCOCC4)nc3)c(F)cc2n1C1CCCO1. The number of phosphoric acid groups is 1. The van der Waals surface area contributed by atoms with Crippen LogP contribution in [0.15, 0.2) is 24.5 Å². The van der Waals surface area contributed by atoms with Crippen molar-refractivity contribution in [2.24, 2.45) is 0 Å². The molecule has 2 aromatic heterocycles. The summed E-state index contributed by atoms with van der Waals surface area (Å²) in [6.45, 7) is 9.11. The highest BCUT2D eigenvalue weighted by Crippen LogP contribution is 2.54. The minimum atomic E-state index is -4.14. The Labute approximate surface area is 272 Å². The number of morpholine rings is 1. The minimum Gasteiger partial charge on any atom is -0.379 e. The van der Waals surface area contributed by atoms with Crippen LogP contribution in [0.3, 0.4) is 0 Å². The number of urea groups is 1. The van der Waals surface area contributed by atoms with Crippen molar-refractivity contribution in [2.75, 3.05) is 64.5 Å². The molecule has 3 aromatic rings. The number of carbonyl (C=O) groups excluding carboxylic acids is 1. The number of rotatable bonds is 14. The Bertz CT molecular complexity index is 1620. The quantitative estimate of drug-likeness (QED) is 0.178. The molecule has 17 heteroatoms. The highest BCUT2D eigenvalue weighted by Gasteiger charge is 2.38. The van der Waals surface area contributed by atoms with Crippen molar-refractivity contribution in [2.45, 2.75) is 51.9 Å². The number of nitriles is 1. The Morgan fingerprint density at radius 3 is 2.62 bits per heavy atom. The van der Waals surface area contributed by atoms with E-state index in [0.29, 0.717) is 55.9 Å². The average Bonchev–Trinajstić information content (AvgIpc) is 3.69. The van der Waals surface area contributed by atoms with Crippen LogP contribution in [0.5, 0.6) is 0 Å².